The Kier molecular flexibility index (Phi) is 7.40. The molecule has 6 rings (SSSR count). The second-order valence-electron chi connectivity index (χ2n) is 10.4. The number of hydrogen-bond donors (Lipinski definition) is 3. The molecule has 0 radical (unpaired) electrons. The van der Waals surface area contributed by atoms with Gasteiger partial charge in [-0.1, -0.05) is 13.0 Å². The van der Waals surface area contributed by atoms with Gasteiger partial charge in [0.2, 0.25) is 5.91 Å². The van der Waals surface area contributed by atoms with Crippen LogP contribution in [0.3, 0.4) is 0 Å². The van der Waals surface area contributed by atoms with Crippen LogP contribution in [0.1, 0.15) is 25.3 Å². The van der Waals surface area contributed by atoms with E-state index in [2.05, 4.69) is 35.5 Å². The van der Waals surface area contributed by atoms with E-state index < -0.39 is 15.7 Å². The van der Waals surface area contributed by atoms with Gasteiger partial charge >= 0.3 is 0 Å². The molecule has 0 aliphatic rings. The zero-order valence-corrected chi connectivity index (χ0v) is 24.2. The van der Waals surface area contributed by atoms with Crippen molar-refractivity contribution in [3.05, 3.63) is 72.7 Å². The number of anilines is 1. The van der Waals surface area contributed by atoms with Crippen molar-refractivity contribution in [3.63, 3.8) is 0 Å². The average Bonchev–Trinajstić information content (AvgIpc) is 3.59. The smallest absolute Gasteiger partial charge is 0.224 e. The Hall–Kier alpha value is -5.04. The SMILES string of the molecule is CCCC(=O)Nc1cncc(-c2cnc3n[nH]c(-c4nc5c(-c6cc(F)cc(CCS(C)(=O)=O)c6)cncc5[nH]4)c3c2)c1. The number of sulfone groups is 1. The molecule has 1 amide bonds. The van der Waals surface area contributed by atoms with Gasteiger partial charge in [0.1, 0.15) is 21.3 Å². The third kappa shape index (κ3) is 6.11. The minimum absolute atomic E-state index is 0.0748. The number of benzene rings is 1. The van der Waals surface area contributed by atoms with Gasteiger partial charge in [-0.25, -0.2) is 22.8 Å². The number of carbonyl (C=O) groups is 1. The molecular formula is C30H27FN8O3S. The molecule has 218 valence electrons. The Balaban J connectivity index is 1.37. The van der Waals surface area contributed by atoms with Crippen LogP contribution in [0.25, 0.3) is 55.8 Å². The number of pyridine rings is 3. The average molecular weight is 599 g/mol. The highest BCUT2D eigenvalue weighted by Gasteiger charge is 2.17. The Morgan fingerprint density at radius 1 is 0.977 bits per heavy atom. The topological polar surface area (TPSA) is 159 Å². The number of nitrogens with one attached hydrogen (secondary N) is 3. The first-order valence-electron chi connectivity index (χ1n) is 13.6. The molecule has 0 atom stereocenters. The normalized spacial score (nSPS) is 11.8. The molecule has 5 heterocycles. The number of halogens is 1. The van der Waals surface area contributed by atoms with Gasteiger partial charge in [-0.2, -0.15) is 5.10 Å². The van der Waals surface area contributed by atoms with E-state index in [4.69, 9.17) is 4.98 Å². The van der Waals surface area contributed by atoms with Crippen molar-refractivity contribution in [3.8, 4) is 33.8 Å². The van der Waals surface area contributed by atoms with Crippen LogP contribution in [-0.2, 0) is 21.1 Å². The molecule has 0 bridgehead atoms. The lowest BCUT2D eigenvalue weighted by atomic mass is 10.0. The van der Waals surface area contributed by atoms with E-state index in [9.17, 15) is 17.6 Å². The Morgan fingerprint density at radius 3 is 2.60 bits per heavy atom. The summed E-state index contributed by atoms with van der Waals surface area (Å²) >= 11 is 0. The molecule has 43 heavy (non-hydrogen) atoms. The Morgan fingerprint density at radius 2 is 1.79 bits per heavy atom. The first-order chi connectivity index (χ1) is 20.7. The number of aryl methyl sites for hydroxylation is 1. The summed E-state index contributed by atoms with van der Waals surface area (Å²) in [6.07, 6.45) is 10.7. The molecule has 5 aromatic heterocycles. The van der Waals surface area contributed by atoms with E-state index in [1.54, 1.807) is 37.1 Å². The number of fused-ring (bicyclic) bond motifs is 2. The van der Waals surface area contributed by atoms with Crippen molar-refractivity contribution in [2.45, 2.75) is 26.2 Å². The van der Waals surface area contributed by atoms with Gasteiger partial charge in [0.25, 0.3) is 0 Å². The standard InChI is InChI=1S/C30H27FN8O3S/c1-3-4-26(40)35-22-10-19(12-32-14-22)20-11-23-28(38-39-29(23)34-13-20)30-36-25-16-33-15-24(27(25)37-30)18-7-17(8-21(31)9-18)5-6-43(2,41)42/h7-16H,3-6H2,1-2H3,(H,35,40)(H,36,37)(H,34,38,39). The highest BCUT2D eigenvalue weighted by Crippen LogP contribution is 2.33. The van der Waals surface area contributed by atoms with Gasteiger partial charge in [-0.3, -0.25) is 19.9 Å². The number of nitrogens with zero attached hydrogens (tertiary/aromatic N) is 5. The second kappa shape index (κ2) is 11.3. The van der Waals surface area contributed by atoms with Gasteiger partial charge < -0.3 is 10.3 Å². The number of aromatic amines is 2. The fourth-order valence-corrected chi connectivity index (χ4v) is 5.48. The van der Waals surface area contributed by atoms with Crippen LogP contribution in [0.5, 0.6) is 0 Å². The fourth-order valence-electron chi connectivity index (χ4n) is 4.87. The van der Waals surface area contributed by atoms with E-state index in [0.717, 1.165) is 23.8 Å². The monoisotopic (exact) mass is 598 g/mol. The zero-order valence-electron chi connectivity index (χ0n) is 23.3. The summed E-state index contributed by atoms with van der Waals surface area (Å²) in [7, 11) is -3.20. The van der Waals surface area contributed by atoms with Crippen LogP contribution >= 0.6 is 0 Å². The molecule has 0 saturated carbocycles. The lowest BCUT2D eigenvalue weighted by molar-refractivity contribution is -0.116. The molecule has 0 aliphatic heterocycles. The van der Waals surface area contributed by atoms with Crippen LogP contribution in [0.15, 0.2) is 61.3 Å². The lowest BCUT2D eigenvalue weighted by Crippen LogP contribution is -2.10. The molecule has 1 aromatic carbocycles. The fraction of sp³-hybridized carbons (Fsp3) is 0.200. The maximum Gasteiger partial charge on any atom is 0.224 e. The third-order valence-corrected chi connectivity index (χ3v) is 7.85. The molecule has 6 aromatic rings. The molecule has 0 saturated heterocycles. The van der Waals surface area contributed by atoms with Crippen molar-refractivity contribution in [2.75, 3.05) is 17.3 Å². The molecule has 3 N–H and O–H groups in total. The molecule has 0 fully saturated rings. The number of H-pyrrole nitrogens is 2. The van der Waals surface area contributed by atoms with E-state index in [-0.39, 0.29) is 18.1 Å². The molecule has 0 spiro atoms. The third-order valence-electron chi connectivity index (χ3n) is 6.90. The summed E-state index contributed by atoms with van der Waals surface area (Å²) in [5.74, 6) is -0.149. The van der Waals surface area contributed by atoms with Crippen LogP contribution in [0, 0.1) is 5.82 Å². The minimum atomic E-state index is -3.20. The summed E-state index contributed by atoms with van der Waals surface area (Å²) in [5, 5.41) is 10.9. The van der Waals surface area contributed by atoms with Crippen LogP contribution < -0.4 is 5.32 Å². The predicted octanol–water partition coefficient (Wildman–Crippen LogP) is 5.09. The van der Waals surface area contributed by atoms with Gasteiger partial charge in [0, 0.05) is 48.0 Å². The van der Waals surface area contributed by atoms with Crippen molar-refractivity contribution in [2.24, 2.45) is 0 Å². The molecule has 13 heteroatoms. The highest BCUT2D eigenvalue weighted by molar-refractivity contribution is 7.90. The van der Waals surface area contributed by atoms with Crippen molar-refractivity contribution < 1.29 is 17.6 Å². The highest BCUT2D eigenvalue weighted by atomic mass is 32.2. The van der Waals surface area contributed by atoms with Crippen molar-refractivity contribution in [1.29, 1.82) is 0 Å². The van der Waals surface area contributed by atoms with Gasteiger partial charge in [0.05, 0.1) is 40.3 Å². The quantitative estimate of drug-likeness (QED) is 0.208. The van der Waals surface area contributed by atoms with E-state index >= 15 is 0 Å². The van der Waals surface area contributed by atoms with E-state index in [1.165, 1.54) is 12.1 Å². The number of carbonyl (C=O) groups excluding carboxylic acids is 1. The first-order valence-corrected chi connectivity index (χ1v) is 15.6. The summed E-state index contributed by atoms with van der Waals surface area (Å²) in [6.45, 7) is 1.94. The largest absolute Gasteiger partial charge is 0.335 e. The Bertz CT molecular complexity index is 2110. The number of aromatic nitrogens is 7. The zero-order chi connectivity index (χ0) is 30.1. The molecular weight excluding hydrogens is 571 g/mol. The van der Waals surface area contributed by atoms with Gasteiger partial charge in [-0.15, -0.1) is 0 Å². The van der Waals surface area contributed by atoms with Crippen molar-refractivity contribution >= 4 is 43.5 Å². The summed E-state index contributed by atoms with van der Waals surface area (Å²) < 4.78 is 37.9. The van der Waals surface area contributed by atoms with Gasteiger partial charge in [0.15, 0.2) is 11.5 Å². The van der Waals surface area contributed by atoms with Crippen LogP contribution in [0.4, 0.5) is 10.1 Å². The lowest BCUT2D eigenvalue weighted by Gasteiger charge is -2.07. The number of imidazole rings is 1. The van der Waals surface area contributed by atoms with Crippen LogP contribution in [0.2, 0.25) is 0 Å². The number of hydrogen-bond acceptors (Lipinski definition) is 8. The van der Waals surface area contributed by atoms with E-state index in [0.29, 0.717) is 62.4 Å². The molecule has 0 unspecified atom stereocenters. The number of amides is 1. The maximum absolute atomic E-state index is 14.6. The minimum Gasteiger partial charge on any atom is -0.335 e. The maximum atomic E-state index is 14.6. The molecule has 0 aliphatic carbocycles. The molecule has 11 nitrogen and oxygen atoms in total. The number of rotatable bonds is 9. The summed E-state index contributed by atoms with van der Waals surface area (Å²) in [4.78, 5) is 33.3. The van der Waals surface area contributed by atoms with Crippen LogP contribution in [-0.4, -0.2) is 61.5 Å². The van der Waals surface area contributed by atoms with Gasteiger partial charge in [-0.05, 0) is 48.2 Å². The summed E-state index contributed by atoms with van der Waals surface area (Å²) in [5.41, 5.74) is 6.11. The van der Waals surface area contributed by atoms with E-state index in [1.807, 2.05) is 19.1 Å². The summed E-state index contributed by atoms with van der Waals surface area (Å²) in [6, 6.07) is 8.23. The van der Waals surface area contributed by atoms with Crippen molar-refractivity contribution in [1.82, 2.24) is 35.1 Å². The Labute approximate surface area is 246 Å². The first kappa shape index (κ1) is 28.1. The second-order valence-corrected chi connectivity index (χ2v) is 12.6. The predicted molar refractivity (Wildman–Crippen MR) is 162 cm³/mol.